The molecule has 0 fully saturated rings. The number of nitrogens with zero attached hydrogens (tertiary/aromatic N) is 4. The van der Waals surface area contributed by atoms with Crippen molar-refractivity contribution in [3.63, 3.8) is 0 Å². The predicted octanol–water partition coefficient (Wildman–Crippen LogP) is 2.29. The average molecular weight is 302 g/mol. The fourth-order valence-corrected chi connectivity index (χ4v) is 2.92. The molecule has 0 spiro atoms. The van der Waals surface area contributed by atoms with Gasteiger partial charge in [0.05, 0.1) is 11.7 Å². The number of nitrogens with two attached hydrogens (primary N) is 1. The van der Waals surface area contributed by atoms with E-state index in [9.17, 15) is 0 Å². The quantitative estimate of drug-likeness (QED) is 0.855. The van der Waals surface area contributed by atoms with Gasteiger partial charge in [-0.05, 0) is 41.2 Å². The van der Waals surface area contributed by atoms with E-state index in [0.29, 0.717) is 6.54 Å². The van der Waals surface area contributed by atoms with Crippen LogP contribution in [0.1, 0.15) is 48.4 Å². The summed E-state index contributed by atoms with van der Waals surface area (Å²) in [6.45, 7) is 11.8. The zero-order valence-electron chi connectivity index (χ0n) is 14.1. The van der Waals surface area contributed by atoms with E-state index in [1.165, 1.54) is 11.3 Å². The second kappa shape index (κ2) is 6.87. The molecular weight excluding hydrogens is 276 g/mol. The Kier molecular flexibility index (Phi) is 5.13. The van der Waals surface area contributed by atoms with Gasteiger partial charge in [-0.15, -0.1) is 0 Å². The van der Waals surface area contributed by atoms with Crippen molar-refractivity contribution < 1.29 is 0 Å². The molecule has 0 bridgehead atoms. The van der Waals surface area contributed by atoms with Gasteiger partial charge in [-0.2, -0.15) is 5.10 Å². The number of aryl methyl sites for hydroxylation is 3. The summed E-state index contributed by atoms with van der Waals surface area (Å²) in [6.07, 6.45) is 0.762. The molecule has 2 heterocycles. The Hall–Kier alpha value is -1.95. The largest absolute Gasteiger partial charge is 0.363 e. The van der Waals surface area contributed by atoms with Crippen LogP contribution in [-0.2, 0) is 13.0 Å². The van der Waals surface area contributed by atoms with Gasteiger partial charge in [-0.1, -0.05) is 0 Å². The van der Waals surface area contributed by atoms with Gasteiger partial charge < -0.3 is 11.1 Å². The summed E-state index contributed by atoms with van der Waals surface area (Å²) in [5, 5.41) is 8.05. The molecule has 0 saturated carbocycles. The summed E-state index contributed by atoms with van der Waals surface area (Å²) in [7, 11) is 0. The Balaban J connectivity index is 2.25. The van der Waals surface area contributed by atoms with Gasteiger partial charge in [0, 0.05) is 36.0 Å². The van der Waals surface area contributed by atoms with E-state index in [2.05, 4.69) is 48.1 Å². The minimum Gasteiger partial charge on any atom is -0.363 e. The molecule has 0 amide bonds. The van der Waals surface area contributed by atoms with Gasteiger partial charge in [0.2, 0.25) is 0 Å². The molecule has 0 radical (unpaired) electrons. The fourth-order valence-electron chi connectivity index (χ4n) is 2.92. The number of anilines is 1. The Morgan fingerprint density at radius 2 is 2.00 bits per heavy atom. The van der Waals surface area contributed by atoms with E-state index >= 15 is 0 Å². The van der Waals surface area contributed by atoms with E-state index < -0.39 is 0 Å². The fraction of sp³-hybridized carbons (Fsp3) is 0.562. The molecule has 0 aliphatic rings. The molecule has 0 aliphatic carbocycles. The molecule has 6 nitrogen and oxygen atoms in total. The van der Waals surface area contributed by atoms with Crippen molar-refractivity contribution in [2.24, 2.45) is 5.73 Å². The van der Waals surface area contributed by atoms with Crippen molar-refractivity contribution in [2.45, 2.75) is 53.6 Å². The number of nitrogens with one attached hydrogen (secondary N) is 1. The van der Waals surface area contributed by atoms with E-state index in [1.54, 1.807) is 0 Å². The standard InChI is InChI=1S/C16H26N6/c1-6-22-12(4)16(11(3)21-22)10(2)18-15-9-14(7-8-17)19-13(5)20-15/h9-10H,6-8,17H2,1-5H3,(H,18,19,20)/t10-/m1/s1. The Morgan fingerprint density at radius 3 is 2.59 bits per heavy atom. The lowest BCUT2D eigenvalue weighted by Crippen LogP contribution is -2.12. The van der Waals surface area contributed by atoms with Crippen LogP contribution in [-0.4, -0.2) is 26.3 Å². The third-order valence-electron chi connectivity index (χ3n) is 3.83. The first-order valence-electron chi connectivity index (χ1n) is 7.81. The molecule has 0 saturated heterocycles. The number of rotatable bonds is 6. The van der Waals surface area contributed by atoms with Crippen LogP contribution in [0.4, 0.5) is 5.82 Å². The topological polar surface area (TPSA) is 81.7 Å². The second-order valence-corrected chi connectivity index (χ2v) is 5.60. The van der Waals surface area contributed by atoms with Gasteiger partial charge in [0.15, 0.2) is 0 Å². The predicted molar refractivity (Wildman–Crippen MR) is 88.9 cm³/mol. The van der Waals surface area contributed by atoms with Gasteiger partial charge >= 0.3 is 0 Å². The number of hydrogen-bond acceptors (Lipinski definition) is 5. The number of aromatic nitrogens is 4. The van der Waals surface area contributed by atoms with E-state index in [-0.39, 0.29) is 6.04 Å². The maximum atomic E-state index is 5.62. The van der Waals surface area contributed by atoms with Gasteiger partial charge in [-0.25, -0.2) is 9.97 Å². The summed E-state index contributed by atoms with van der Waals surface area (Å²) in [5.41, 5.74) is 10.1. The molecule has 22 heavy (non-hydrogen) atoms. The highest BCUT2D eigenvalue weighted by Gasteiger charge is 2.17. The van der Waals surface area contributed by atoms with Crippen LogP contribution in [0, 0.1) is 20.8 Å². The summed E-state index contributed by atoms with van der Waals surface area (Å²) in [5.74, 6) is 1.60. The van der Waals surface area contributed by atoms with Gasteiger partial charge in [0.1, 0.15) is 11.6 Å². The lowest BCUT2D eigenvalue weighted by molar-refractivity contribution is 0.632. The SMILES string of the molecule is CCn1nc(C)c([C@@H](C)Nc2cc(CCN)nc(C)n2)c1C. The lowest BCUT2D eigenvalue weighted by Gasteiger charge is -2.16. The minimum absolute atomic E-state index is 0.139. The van der Waals surface area contributed by atoms with Crippen LogP contribution in [0.5, 0.6) is 0 Å². The molecule has 3 N–H and O–H groups in total. The molecule has 0 aromatic carbocycles. The highest BCUT2D eigenvalue weighted by atomic mass is 15.3. The van der Waals surface area contributed by atoms with Crippen LogP contribution in [0.15, 0.2) is 6.07 Å². The average Bonchev–Trinajstić information content (AvgIpc) is 2.73. The molecule has 2 rings (SSSR count). The summed E-state index contributed by atoms with van der Waals surface area (Å²) in [4.78, 5) is 8.89. The highest BCUT2D eigenvalue weighted by Crippen LogP contribution is 2.24. The van der Waals surface area contributed by atoms with E-state index in [4.69, 9.17) is 5.73 Å². The van der Waals surface area contributed by atoms with E-state index in [1.807, 2.05) is 17.7 Å². The molecule has 120 valence electrons. The first kappa shape index (κ1) is 16.4. The molecule has 1 atom stereocenters. The van der Waals surface area contributed by atoms with Gasteiger partial charge in [0.25, 0.3) is 0 Å². The highest BCUT2D eigenvalue weighted by molar-refractivity contribution is 5.41. The van der Waals surface area contributed by atoms with Crippen LogP contribution in [0.3, 0.4) is 0 Å². The molecule has 2 aromatic heterocycles. The molecule has 6 heteroatoms. The molecule has 0 unspecified atom stereocenters. The van der Waals surface area contributed by atoms with Crippen LogP contribution < -0.4 is 11.1 Å². The molecular formula is C16H26N6. The van der Waals surface area contributed by atoms with Crippen molar-refractivity contribution in [1.82, 2.24) is 19.7 Å². The normalized spacial score (nSPS) is 12.5. The van der Waals surface area contributed by atoms with Crippen molar-refractivity contribution in [3.8, 4) is 0 Å². The first-order valence-corrected chi connectivity index (χ1v) is 7.81. The van der Waals surface area contributed by atoms with E-state index in [0.717, 1.165) is 36.0 Å². The van der Waals surface area contributed by atoms with Crippen molar-refractivity contribution in [2.75, 3.05) is 11.9 Å². The Bertz CT molecular complexity index is 646. The Morgan fingerprint density at radius 1 is 1.27 bits per heavy atom. The lowest BCUT2D eigenvalue weighted by atomic mass is 10.1. The molecule has 2 aromatic rings. The summed E-state index contributed by atoms with van der Waals surface area (Å²) >= 11 is 0. The number of hydrogen-bond donors (Lipinski definition) is 2. The van der Waals surface area contributed by atoms with Crippen LogP contribution in [0.25, 0.3) is 0 Å². The smallest absolute Gasteiger partial charge is 0.130 e. The van der Waals surface area contributed by atoms with Gasteiger partial charge in [-0.3, -0.25) is 4.68 Å². The van der Waals surface area contributed by atoms with Crippen molar-refractivity contribution in [1.29, 1.82) is 0 Å². The maximum absolute atomic E-state index is 5.62. The third kappa shape index (κ3) is 3.44. The molecule has 0 aliphatic heterocycles. The Labute approximate surface area is 132 Å². The summed E-state index contributed by atoms with van der Waals surface area (Å²) in [6, 6.07) is 2.12. The van der Waals surface area contributed by atoms with Crippen LogP contribution >= 0.6 is 0 Å². The maximum Gasteiger partial charge on any atom is 0.130 e. The zero-order valence-corrected chi connectivity index (χ0v) is 14.1. The first-order chi connectivity index (χ1) is 10.5. The zero-order chi connectivity index (χ0) is 16.3. The second-order valence-electron chi connectivity index (χ2n) is 5.60. The summed E-state index contributed by atoms with van der Waals surface area (Å²) < 4.78 is 2.04. The van der Waals surface area contributed by atoms with Crippen molar-refractivity contribution in [3.05, 3.63) is 34.5 Å². The van der Waals surface area contributed by atoms with Crippen molar-refractivity contribution >= 4 is 5.82 Å². The third-order valence-corrected chi connectivity index (χ3v) is 3.83. The monoisotopic (exact) mass is 302 g/mol. The van der Waals surface area contributed by atoms with Crippen LogP contribution in [0.2, 0.25) is 0 Å². The minimum atomic E-state index is 0.139.